The number of amides is 1. The number of nitrogens with one attached hydrogen (secondary N) is 1. The van der Waals surface area contributed by atoms with E-state index < -0.39 is 4.92 Å². The molecule has 0 heterocycles. The van der Waals surface area contributed by atoms with E-state index in [0.29, 0.717) is 9.32 Å². The Kier molecular flexibility index (Phi) is 6.36. The average molecular weight is 442 g/mol. The Bertz CT molecular complexity index is 734. The number of hydrogen-bond donors (Lipinski definition) is 1. The highest BCUT2D eigenvalue weighted by atomic mass is 127. The second-order valence-electron chi connectivity index (χ2n) is 4.70. The van der Waals surface area contributed by atoms with Crippen LogP contribution in [0.4, 0.5) is 5.69 Å². The summed E-state index contributed by atoms with van der Waals surface area (Å²) < 4.78 is 11.2. The van der Waals surface area contributed by atoms with Gasteiger partial charge in [0.1, 0.15) is 18.1 Å². The SMILES string of the molecule is COc1ccc(OCCNC(=O)c2cc([N+](=O)[O-])ccc2I)cc1. The van der Waals surface area contributed by atoms with E-state index in [2.05, 4.69) is 5.32 Å². The van der Waals surface area contributed by atoms with Gasteiger partial charge in [0.15, 0.2) is 0 Å². The lowest BCUT2D eigenvalue weighted by Gasteiger charge is -2.09. The molecular weight excluding hydrogens is 427 g/mol. The molecule has 0 spiro atoms. The Morgan fingerprint density at radius 3 is 2.50 bits per heavy atom. The van der Waals surface area contributed by atoms with Gasteiger partial charge < -0.3 is 14.8 Å². The molecule has 0 bridgehead atoms. The summed E-state index contributed by atoms with van der Waals surface area (Å²) in [5.41, 5.74) is 0.157. The molecule has 0 aliphatic heterocycles. The summed E-state index contributed by atoms with van der Waals surface area (Å²) in [5.74, 6) is 1.02. The third-order valence-corrected chi connectivity index (χ3v) is 4.06. The third-order valence-electron chi connectivity index (χ3n) is 3.12. The van der Waals surface area contributed by atoms with E-state index in [0.717, 1.165) is 5.75 Å². The van der Waals surface area contributed by atoms with Crippen molar-refractivity contribution in [2.75, 3.05) is 20.3 Å². The molecular formula is C16H15IN2O5. The smallest absolute Gasteiger partial charge is 0.270 e. The number of ether oxygens (including phenoxy) is 2. The van der Waals surface area contributed by atoms with Crippen molar-refractivity contribution in [2.45, 2.75) is 0 Å². The molecule has 0 saturated carbocycles. The first-order valence-electron chi connectivity index (χ1n) is 7.00. The van der Waals surface area contributed by atoms with Crippen LogP contribution in [0.1, 0.15) is 10.4 Å². The largest absolute Gasteiger partial charge is 0.497 e. The maximum atomic E-state index is 12.1. The van der Waals surface area contributed by atoms with E-state index in [-0.39, 0.29) is 30.3 Å². The highest BCUT2D eigenvalue weighted by molar-refractivity contribution is 14.1. The maximum absolute atomic E-state index is 12.1. The standard InChI is InChI=1S/C16H15IN2O5/c1-23-12-3-5-13(6-4-12)24-9-8-18-16(20)14-10-11(19(21)22)2-7-15(14)17/h2-7,10H,8-9H2,1H3,(H,18,20). The van der Waals surface area contributed by atoms with E-state index in [1.54, 1.807) is 37.4 Å². The van der Waals surface area contributed by atoms with Gasteiger partial charge in [-0.05, 0) is 52.9 Å². The number of carbonyl (C=O) groups is 1. The van der Waals surface area contributed by atoms with E-state index in [1.807, 2.05) is 22.6 Å². The Morgan fingerprint density at radius 1 is 1.21 bits per heavy atom. The second kappa shape index (κ2) is 8.48. The van der Waals surface area contributed by atoms with Crippen molar-refractivity contribution < 1.29 is 19.2 Å². The fourth-order valence-electron chi connectivity index (χ4n) is 1.90. The van der Waals surface area contributed by atoms with Crippen LogP contribution in [-0.4, -0.2) is 31.1 Å². The van der Waals surface area contributed by atoms with Crippen LogP contribution in [0.2, 0.25) is 0 Å². The zero-order valence-electron chi connectivity index (χ0n) is 12.8. The van der Waals surface area contributed by atoms with Crippen LogP contribution in [0, 0.1) is 13.7 Å². The van der Waals surface area contributed by atoms with Gasteiger partial charge in [0.05, 0.1) is 24.1 Å². The molecule has 0 aromatic heterocycles. The van der Waals surface area contributed by atoms with Crippen LogP contribution in [-0.2, 0) is 0 Å². The molecule has 0 saturated heterocycles. The van der Waals surface area contributed by atoms with Crippen LogP contribution < -0.4 is 14.8 Å². The van der Waals surface area contributed by atoms with Gasteiger partial charge in [-0.25, -0.2) is 0 Å². The lowest BCUT2D eigenvalue weighted by Crippen LogP contribution is -2.28. The molecule has 0 atom stereocenters. The van der Waals surface area contributed by atoms with Gasteiger partial charge in [-0.1, -0.05) is 0 Å². The number of rotatable bonds is 7. The average Bonchev–Trinajstić information content (AvgIpc) is 2.59. The molecule has 1 N–H and O–H groups in total. The van der Waals surface area contributed by atoms with Gasteiger partial charge in [-0.15, -0.1) is 0 Å². The second-order valence-corrected chi connectivity index (χ2v) is 5.86. The zero-order valence-corrected chi connectivity index (χ0v) is 15.0. The molecule has 7 nitrogen and oxygen atoms in total. The van der Waals surface area contributed by atoms with Crippen LogP contribution >= 0.6 is 22.6 Å². The normalized spacial score (nSPS) is 10.1. The Morgan fingerprint density at radius 2 is 1.88 bits per heavy atom. The fourth-order valence-corrected chi connectivity index (χ4v) is 2.48. The summed E-state index contributed by atoms with van der Waals surface area (Å²) in [6.45, 7) is 0.563. The van der Waals surface area contributed by atoms with Crippen LogP contribution in [0.25, 0.3) is 0 Å². The van der Waals surface area contributed by atoms with Gasteiger partial charge in [0, 0.05) is 15.7 Å². The molecule has 2 rings (SSSR count). The Labute approximate surface area is 152 Å². The van der Waals surface area contributed by atoms with E-state index in [1.165, 1.54) is 12.1 Å². The lowest BCUT2D eigenvalue weighted by atomic mass is 10.2. The van der Waals surface area contributed by atoms with E-state index in [4.69, 9.17) is 9.47 Å². The fraction of sp³-hybridized carbons (Fsp3) is 0.188. The molecule has 24 heavy (non-hydrogen) atoms. The lowest BCUT2D eigenvalue weighted by molar-refractivity contribution is -0.384. The summed E-state index contributed by atoms with van der Waals surface area (Å²) in [6.07, 6.45) is 0. The molecule has 2 aromatic carbocycles. The minimum atomic E-state index is -0.528. The first-order valence-corrected chi connectivity index (χ1v) is 8.08. The summed E-state index contributed by atoms with van der Waals surface area (Å²) in [7, 11) is 1.58. The van der Waals surface area contributed by atoms with Crippen LogP contribution in [0.15, 0.2) is 42.5 Å². The van der Waals surface area contributed by atoms with Crippen molar-refractivity contribution >= 4 is 34.2 Å². The summed E-state index contributed by atoms with van der Waals surface area (Å²) >= 11 is 1.97. The number of halogens is 1. The monoisotopic (exact) mass is 442 g/mol. The minimum absolute atomic E-state index is 0.116. The molecule has 126 valence electrons. The van der Waals surface area contributed by atoms with E-state index in [9.17, 15) is 14.9 Å². The molecule has 1 amide bonds. The topological polar surface area (TPSA) is 90.7 Å². The molecule has 0 radical (unpaired) electrons. The molecule has 0 aliphatic carbocycles. The Balaban J connectivity index is 1.86. The predicted octanol–water partition coefficient (Wildman–Crippen LogP) is 3.02. The molecule has 0 aliphatic rings. The number of nitrogens with zero attached hydrogens (tertiary/aromatic N) is 1. The number of carbonyl (C=O) groups excluding carboxylic acids is 1. The number of non-ortho nitro benzene ring substituents is 1. The van der Waals surface area contributed by atoms with Gasteiger partial charge >= 0.3 is 0 Å². The summed E-state index contributed by atoms with van der Waals surface area (Å²) in [5, 5.41) is 13.5. The molecule has 2 aromatic rings. The maximum Gasteiger partial charge on any atom is 0.270 e. The van der Waals surface area contributed by atoms with Crippen LogP contribution in [0.5, 0.6) is 11.5 Å². The number of benzene rings is 2. The number of hydrogen-bond acceptors (Lipinski definition) is 5. The summed E-state index contributed by atoms with van der Waals surface area (Å²) in [4.78, 5) is 22.4. The van der Waals surface area contributed by atoms with Crippen LogP contribution in [0.3, 0.4) is 0 Å². The van der Waals surface area contributed by atoms with E-state index >= 15 is 0 Å². The van der Waals surface area contributed by atoms with Gasteiger partial charge in [0.2, 0.25) is 0 Å². The Hall–Kier alpha value is -2.36. The van der Waals surface area contributed by atoms with Crippen molar-refractivity contribution in [1.29, 1.82) is 0 Å². The van der Waals surface area contributed by atoms with Crippen molar-refractivity contribution in [2.24, 2.45) is 0 Å². The molecule has 0 fully saturated rings. The first-order chi connectivity index (χ1) is 11.5. The number of nitro groups is 1. The highest BCUT2D eigenvalue weighted by Gasteiger charge is 2.15. The quantitative estimate of drug-likeness (QED) is 0.308. The van der Waals surface area contributed by atoms with Gasteiger partial charge in [0.25, 0.3) is 11.6 Å². The molecule has 0 unspecified atom stereocenters. The predicted molar refractivity (Wildman–Crippen MR) is 96.6 cm³/mol. The number of nitro benzene ring substituents is 1. The van der Waals surface area contributed by atoms with Gasteiger partial charge in [-0.2, -0.15) is 0 Å². The molecule has 8 heteroatoms. The zero-order chi connectivity index (χ0) is 17.5. The third kappa shape index (κ3) is 4.82. The highest BCUT2D eigenvalue weighted by Crippen LogP contribution is 2.19. The minimum Gasteiger partial charge on any atom is -0.497 e. The van der Waals surface area contributed by atoms with Crippen molar-refractivity contribution in [3.63, 3.8) is 0 Å². The van der Waals surface area contributed by atoms with Crippen molar-refractivity contribution in [3.8, 4) is 11.5 Å². The van der Waals surface area contributed by atoms with Gasteiger partial charge in [-0.3, -0.25) is 14.9 Å². The van der Waals surface area contributed by atoms with Crippen molar-refractivity contribution in [1.82, 2.24) is 5.32 Å². The summed E-state index contributed by atoms with van der Waals surface area (Å²) in [6, 6.07) is 11.3. The first kappa shape index (κ1) is 18.0. The van der Waals surface area contributed by atoms with Crippen molar-refractivity contribution in [3.05, 3.63) is 61.7 Å². The number of methoxy groups -OCH3 is 1.